The van der Waals surface area contributed by atoms with E-state index in [1.54, 1.807) is 0 Å². The lowest BCUT2D eigenvalue weighted by Gasteiger charge is -2.21. The van der Waals surface area contributed by atoms with E-state index in [1.165, 1.54) is 19.1 Å². The van der Waals surface area contributed by atoms with Gasteiger partial charge in [-0.3, -0.25) is 0 Å². The van der Waals surface area contributed by atoms with Crippen LogP contribution in [-0.4, -0.2) is 18.5 Å². The Labute approximate surface area is 122 Å². The SMILES string of the molecule is CCOC(=O)C(F)(F)[C@@H](N)c1ccc(Br)c(F)c1.Cl. The Balaban J connectivity index is 0.00000324. The van der Waals surface area contributed by atoms with Crippen LogP contribution in [-0.2, 0) is 9.53 Å². The number of hydrogen-bond donors (Lipinski definition) is 1. The lowest BCUT2D eigenvalue weighted by atomic mass is 10.0. The second kappa shape index (κ2) is 7.12. The van der Waals surface area contributed by atoms with E-state index in [9.17, 15) is 18.0 Å². The monoisotopic (exact) mass is 361 g/mol. The average Bonchev–Trinajstić information content (AvgIpc) is 2.32. The minimum atomic E-state index is -3.91. The molecule has 0 unspecified atom stereocenters. The Kier molecular flexibility index (Phi) is 6.82. The fourth-order valence-electron chi connectivity index (χ4n) is 1.27. The molecule has 108 valence electrons. The van der Waals surface area contributed by atoms with Gasteiger partial charge in [-0.25, -0.2) is 9.18 Å². The Morgan fingerprint density at radius 3 is 2.58 bits per heavy atom. The number of rotatable bonds is 4. The highest BCUT2D eigenvalue weighted by atomic mass is 79.9. The quantitative estimate of drug-likeness (QED) is 0.837. The van der Waals surface area contributed by atoms with Crippen molar-refractivity contribution in [3.63, 3.8) is 0 Å². The van der Waals surface area contributed by atoms with Crippen molar-refractivity contribution in [3.05, 3.63) is 34.1 Å². The van der Waals surface area contributed by atoms with Gasteiger partial charge in [-0.2, -0.15) is 8.78 Å². The molecule has 3 nitrogen and oxygen atoms in total. The van der Waals surface area contributed by atoms with E-state index in [0.29, 0.717) is 0 Å². The summed E-state index contributed by atoms with van der Waals surface area (Å²) in [6.07, 6.45) is 0. The highest BCUT2D eigenvalue weighted by molar-refractivity contribution is 9.10. The van der Waals surface area contributed by atoms with Crippen molar-refractivity contribution in [1.82, 2.24) is 0 Å². The molecule has 1 aromatic rings. The summed E-state index contributed by atoms with van der Waals surface area (Å²) in [4.78, 5) is 11.1. The van der Waals surface area contributed by atoms with Gasteiger partial charge in [0, 0.05) is 0 Å². The summed E-state index contributed by atoms with van der Waals surface area (Å²) in [6, 6.07) is 1.35. The molecule has 0 saturated heterocycles. The maximum Gasteiger partial charge on any atom is 0.379 e. The van der Waals surface area contributed by atoms with Gasteiger partial charge < -0.3 is 10.5 Å². The van der Waals surface area contributed by atoms with Gasteiger partial charge >= 0.3 is 11.9 Å². The third-order valence-electron chi connectivity index (χ3n) is 2.24. The molecule has 19 heavy (non-hydrogen) atoms. The summed E-state index contributed by atoms with van der Waals surface area (Å²) in [5.74, 6) is -6.36. The number of carbonyl (C=O) groups excluding carboxylic acids is 1. The first-order valence-corrected chi connectivity index (χ1v) is 5.85. The van der Waals surface area contributed by atoms with Crippen LogP contribution in [0.3, 0.4) is 0 Å². The Morgan fingerprint density at radius 1 is 1.53 bits per heavy atom. The van der Waals surface area contributed by atoms with E-state index < -0.39 is 23.8 Å². The zero-order valence-corrected chi connectivity index (χ0v) is 12.2. The van der Waals surface area contributed by atoms with Gasteiger partial charge in [0.2, 0.25) is 0 Å². The second-order valence-electron chi connectivity index (χ2n) is 3.49. The van der Waals surface area contributed by atoms with Crippen molar-refractivity contribution in [3.8, 4) is 0 Å². The molecule has 0 heterocycles. The van der Waals surface area contributed by atoms with Crippen LogP contribution < -0.4 is 5.73 Å². The predicted octanol–water partition coefficient (Wildman–Crippen LogP) is 3.21. The average molecular weight is 363 g/mol. The molecular formula is C11H12BrClF3NO2. The van der Waals surface area contributed by atoms with Crippen LogP contribution >= 0.6 is 28.3 Å². The fourth-order valence-corrected chi connectivity index (χ4v) is 1.52. The first-order valence-electron chi connectivity index (χ1n) is 5.06. The third kappa shape index (κ3) is 4.09. The van der Waals surface area contributed by atoms with Crippen molar-refractivity contribution in [1.29, 1.82) is 0 Å². The van der Waals surface area contributed by atoms with Gasteiger partial charge in [0.05, 0.1) is 11.1 Å². The van der Waals surface area contributed by atoms with Gasteiger partial charge in [-0.05, 0) is 40.5 Å². The number of hydrogen-bond acceptors (Lipinski definition) is 3. The van der Waals surface area contributed by atoms with E-state index in [-0.39, 0.29) is 29.1 Å². The molecule has 0 radical (unpaired) electrons. The molecule has 1 atom stereocenters. The lowest BCUT2D eigenvalue weighted by Crippen LogP contribution is -2.41. The molecule has 0 aliphatic rings. The van der Waals surface area contributed by atoms with Gasteiger partial charge in [0.15, 0.2) is 0 Å². The largest absolute Gasteiger partial charge is 0.462 e. The first kappa shape index (κ1) is 18.2. The molecular weight excluding hydrogens is 350 g/mol. The molecule has 8 heteroatoms. The van der Waals surface area contributed by atoms with Crippen molar-refractivity contribution in [2.45, 2.75) is 18.9 Å². The summed E-state index contributed by atoms with van der Waals surface area (Å²) in [5.41, 5.74) is 5.10. The Morgan fingerprint density at radius 2 is 2.11 bits per heavy atom. The molecule has 0 bridgehead atoms. The van der Waals surface area contributed by atoms with Crippen LogP contribution in [0.4, 0.5) is 13.2 Å². The van der Waals surface area contributed by atoms with Crippen LogP contribution in [0.15, 0.2) is 22.7 Å². The van der Waals surface area contributed by atoms with Crippen LogP contribution in [0.1, 0.15) is 18.5 Å². The molecule has 0 aliphatic heterocycles. The zero-order valence-electron chi connectivity index (χ0n) is 9.83. The van der Waals surface area contributed by atoms with Crippen molar-refractivity contribution in [2.24, 2.45) is 5.73 Å². The minimum Gasteiger partial charge on any atom is -0.462 e. The summed E-state index contributed by atoms with van der Waals surface area (Å²) >= 11 is 2.89. The van der Waals surface area contributed by atoms with Crippen LogP contribution in [0.25, 0.3) is 0 Å². The molecule has 0 saturated carbocycles. The summed E-state index contributed by atoms with van der Waals surface area (Å²) in [6.45, 7) is 1.22. The predicted molar refractivity (Wildman–Crippen MR) is 69.9 cm³/mol. The van der Waals surface area contributed by atoms with E-state index >= 15 is 0 Å². The van der Waals surface area contributed by atoms with Gasteiger partial charge in [-0.15, -0.1) is 12.4 Å². The first-order chi connectivity index (χ1) is 8.30. The van der Waals surface area contributed by atoms with E-state index in [1.807, 2.05) is 0 Å². The molecule has 0 aliphatic carbocycles. The number of halogens is 5. The van der Waals surface area contributed by atoms with Gasteiger partial charge in [-0.1, -0.05) is 6.07 Å². The molecule has 1 aromatic carbocycles. The highest BCUT2D eigenvalue weighted by Gasteiger charge is 2.47. The number of nitrogens with two attached hydrogens (primary N) is 1. The van der Waals surface area contributed by atoms with E-state index in [4.69, 9.17) is 5.73 Å². The summed E-state index contributed by atoms with van der Waals surface area (Å²) in [7, 11) is 0. The maximum atomic E-state index is 13.6. The molecule has 0 fully saturated rings. The van der Waals surface area contributed by atoms with Crippen LogP contribution in [0, 0.1) is 5.82 Å². The zero-order chi connectivity index (χ0) is 13.9. The Bertz CT molecular complexity index is 460. The number of esters is 1. The Hall–Kier alpha value is -0.790. The molecule has 0 spiro atoms. The smallest absolute Gasteiger partial charge is 0.379 e. The van der Waals surface area contributed by atoms with Gasteiger partial charge in [0.1, 0.15) is 11.9 Å². The topological polar surface area (TPSA) is 52.3 Å². The molecule has 2 N–H and O–H groups in total. The van der Waals surface area contributed by atoms with E-state index in [0.717, 1.165) is 6.07 Å². The van der Waals surface area contributed by atoms with Crippen molar-refractivity contribution >= 4 is 34.3 Å². The minimum absolute atomic E-state index is 0. The van der Waals surface area contributed by atoms with E-state index in [2.05, 4.69) is 20.7 Å². The lowest BCUT2D eigenvalue weighted by molar-refractivity contribution is -0.174. The van der Waals surface area contributed by atoms with Crippen molar-refractivity contribution < 1.29 is 22.7 Å². The van der Waals surface area contributed by atoms with Gasteiger partial charge in [0.25, 0.3) is 0 Å². The molecule has 0 aromatic heterocycles. The number of ether oxygens (including phenoxy) is 1. The third-order valence-corrected chi connectivity index (χ3v) is 2.88. The fraction of sp³-hybridized carbons (Fsp3) is 0.364. The maximum absolute atomic E-state index is 13.6. The normalized spacial score (nSPS) is 12.5. The molecule has 1 rings (SSSR count). The highest BCUT2D eigenvalue weighted by Crippen LogP contribution is 2.32. The number of benzene rings is 1. The molecule has 0 amide bonds. The summed E-state index contributed by atoms with van der Waals surface area (Å²) in [5, 5.41) is 0. The second-order valence-corrected chi connectivity index (χ2v) is 4.35. The van der Waals surface area contributed by atoms with Crippen molar-refractivity contribution in [2.75, 3.05) is 6.61 Å². The number of carbonyl (C=O) groups is 1. The van der Waals surface area contributed by atoms with Crippen LogP contribution in [0.5, 0.6) is 0 Å². The standard InChI is InChI=1S/C11H11BrF3NO2.ClH/c1-2-18-10(17)11(14,15)9(16)6-3-4-7(12)8(13)5-6;/h3-5,9H,2,16H2,1H3;1H/t9-;/m0./s1. The van der Waals surface area contributed by atoms with Crippen LogP contribution in [0.2, 0.25) is 0 Å². The summed E-state index contributed by atoms with van der Waals surface area (Å²) < 4.78 is 44.7. The number of alkyl halides is 2.